The van der Waals surface area contributed by atoms with E-state index in [-0.39, 0.29) is 12.4 Å². The van der Waals surface area contributed by atoms with Gasteiger partial charge in [0.15, 0.2) is 5.13 Å². The number of pyridine rings is 1. The number of halogens is 3. The molecule has 0 radical (unpaired) electrons. The van der Waals surface area contributed by atoms with Crippen molar-refractivity contribution in [2.45, 2.75) is 58.2 Å². The van der Waals surface area contributed by atoms with Gasteiger partial charge in [-0.1, -0.05) is 50.4 Å². The van der Waals surface area contributed by atoms with Crippen LogP contribution in [-0.2, 0) is 12.7 Å². The predicted octanol–water partition coefficient (Wildman–Crippen LogP) is 7.77. The van der Waals surface area contributed by atoms with E-state index in [1.165, 1.54) is 23.8 Å². The van der Waals surface area contributed by atoms with Crippen LogP contribution < -0.4 is 10.1 Å². The number of ether oxygens (including phenoxy) is 1. The first kappa shape index (κ1) is 26.9. The molecule has 0 saturated heterocycles. The number of benzene rings is 1. The molecule has 0 aliphatic rings. The Morgan fingerprint density at radius 3 is 2.51 bits per heavy atom. The van der Waals surface area contributed by atoms with Crippen molar-refractivity contribution in [3.05, 3.63) is 53.2 Å². The molecule has 3 rings (SSSR count). The zero-order valence-electron chi connectivity index (χ0n) is 20.5. The van der Waals surface area contributed by atoms with E-state index in [1.54, 1.807) is 18.5 Å². The van der Waals surface area contributed by atoms with E-state index in [0.29, 0.717) is 17.4 Å². The van der Waals surface area contributed by atoms with Gasteiger partial charge in [0.05, 0.1) is 17.9 Å². The minimum absolute atomic E-state index is 0.139. The summed E-state index contributed by atoms with van der Waals surface area (Å²) < 4.78 is 46.9. The van der Waals surface area contributed by atoms with Crippen LogP contribution in [0.4, 0.5) is 24.0 Å². The first-order valence-electron chi connectivity index (χ1n) is 11.9. The smallest absolute Gasteiger partial charge is 0.420 e. The number of anilines is 2. The normalized spacial score (nSPS) is 11.7. The molecule has 0 spiro atoms. The molecule has 0 saturated carbocycles. The average Bonchev–Trinajstić information content (AvgIpc) is 3.20. The predicted molar refractivity (Wildman–Crippen MR) is 136 cm³/mol. The average molecular weight is 507 g/mol. The van der Waals surface area contributed by atoms with E-state index >= 15 is 0 Å². The Balaban J connectivity index is 1.75. The van der Waals surface area contributed by atoms with Crippen molar-refractivity contribution >= 4 is 22.2 Å². The van der Waals surface area contributed by atoms with Crippen molar-refractivity contribution < 1.29 is 17.9 Å². The highest BCUT2D eigenvalue weighted by Crippen LogP contribution is 2.39. The van der Waals surface area contributed by atoms with Gasteiger partial charge < -0.3 is 15.0 Å². The van der Waals surface area contributed by atoms with E-state index in [4.69, 9.17) is 4.74 Å². The second-order valence-corrected chi connectivity index (χ2v) is 9.80. The molecule has 1 aromatic carbocycles. The van der Waals surface area contributed by atoms with Crippen molar-refractivity contribution in [2.75, 3.05) is 26.0 Å². The lowest BCUT2D eigenvalue weighted by Gasteiger charge is -2.15. The maximum atomic E-state index is 13.8. The third-order valence-corrected chi connectivity index (χ3v) is 6.34. The number of alkyl halides is 3. The van der Waals surface area contributed by atoms with Gasteiger partial charge in [0.2, 0.25) is 0 Å². The fraction of sp³-hybridized carbons (Fsp3) is 0.462. The number of nitrogens with zero attached hydrogens (tertiary/aromatic N) is 3. The summed E-state index contributed by atoms with van der Waals surface area (Å²) >= 11 is 1.42. The number of hydrogen-bond acceptors (Lipinski definition) is 6. The van der Waals surface area contributed by atoms with Gasteiger partial charge in [0.1, 0.15) is 5.75 Å². The van der Waals surface area contributed by atoms with Gasteiger partial charge in [-0.2, -0.15) is 13.2 Å². The Morgan fingerprint density at radius 1 is 1.06 bits per heavy atom. The lowest BCUT2D eigenvalue weighted by molar-refractivity contribution is -0.138. The van der Waals surface area contributed by atoms with Crippen LogP contribution in [0.25, 0.3) is 11.3 Å². The number of hydrogen-bond donors (Lipinski definition) is 1. The Hall–Kier alpha value is -2.65. The second-order valence-electron chi connectivity index (χ2n) is 8.72. The largest absolute Gasteiger partial charge is 0.493 e. The van der Waals surface area contributed by atoms with Gasteiger partial charge in [0, 0.05) is 35.1 Å². The minimum Gasteiger partial charge on any atom is -0.493 e. The van der Waals surface area contributed by atoms with Crippen molar-refractivity contribution in [2.24, 2.45) is 0 Å². The Morgan fingerprint density at radius 2 is 1.83 bits per heavy atom. The van der Waals surface area contributed by atoms with Gasteiger partial charge in [-0.25, -0.2) is 4.98 Å². The molecule has 0 aliphatic carbocycles. The molecule has 2 aromatic heterocycles. The molecule has 1 N–H and O–H groups in total. The Bertz CT molecular complexity index is 1050. The molecule has 35 heavy (non-hydrogen) atoms. The summed E-state index contributed by atoms with van der Waals surface area (Å²) in [5.74, 6) is -0.139. The van der Waals surface area contributed by atoms with Crippen LogP contribution in [0.15, 0.2) is 42.7 Å². The van der Waals surface area contributed by atoms with Crippen LogP contribution in [-0.4, -0.2) is 35.6 Å². The molecule has 9 heteroatoms. The SMILES string of the molecule is CCCCCCCCOc1ccc(Nc2nc(-c3cccnc3)c(CN(C)C)s2)cc1C(F)(F)F. The molecule has 0 amide bonds. The zero-order valence-corrected chi connectivity index (χ0v) is 21.3. The molecule has 0 aliphatic heterocycles. The maximum Gasteiger partial charge on any atom is 0.420 e. The van der Waals surface area contributed by atoms with Crippen LogP contribution in [0.5, 0.6) is 5.75 Å². The molecule has 3 aromatic rings. The quantitative estimate of drug-likeness (QED) is 0.240. The Labute approximate surface area is 209 Å². The van der Waals surface area contributed by atoms with Crippen LogP contribution >= 0.6 is 11.3 Å². The first-order chi connectivity index (χ1) is 16.8. The molecule has 5 nitrogen and oxygen atoms in total. The van der Waals surface area contributed by atoms with E-state index in [2.05, 4.69) is 22.2 Å². The maximum absolute atomic E-state index is 13.8. The second kappa shape index (κ2) is 12.9. The summed E-state index contributed by atoms with van der Waals surface area (Å²) in [4.78, 5) is 11.8. The van der Waals surface area contributed by atoms with Crippen LogP contribution in [0.2, 0.25) is 0 Å². The summed E-state index contributed by atoms with van der Waals surface area (Å²) in [6.07, 6.45) is 5.18. The van der Waals surface area contributed by atoms with Crippen molar-refractivity contribution in [3.8, 4) is 17.0 Å². The van der Waals surface area contributed by atoms with Gasteiger partial charge in [-0.15, -0.1) is 0 Å². The standard InChI is InChI=1S/C26H33F3N4OS/c1-4-5-6-7-8-9-15-34-22-13-12-20(16-21(22)26(27,28)29)31-25-32-24(19-11-10-14-30-17-19)23(35-25)18-33(2)3/h10-14,16-17H,4-9,15,18H2,1-3H3,(H,31,32). The Kier molecular flexibility index (Phi) is 9.92. The van der Waals surface area contributed by atoms with Crippen molar-refractivity contribution in [1.82, 2.24) is 14.9 Å². The van der Waals surface area contributed by atoms with Gasteiger partial charge in [-0.3, -0.25) is 4.98 Å². The third-order valence-electron chi connectivity index (χ3n) is 5.38. The number of aromatic nitrogens is 2. The first-order valence-corrected chi connectivity index (χ1v) is 12.8. The molecule has 0 bridgehead atoms. The molecular formula is C26H33F3N4OS. The van der Waals surface area contributed by atoms with E-state index in [0.717, 1.165) is 54.3 Å². The molecule has 190 valence electrons. The third kappa shape index (κ3) is 8.21. The summed E-state index contributed by atoms with van der Waals surface area (Å²) in [5, 5.41) is 3.58. The lowest BCUT2D eigenvalue weighted by Crippen LogP contribution is -2.10. The fourth-order valence-electron chi connectivity index (χ4n) is 3.67. The highest BCUT2D eigenvalue weighted by atomic mass is 32.1. The van der Waals surface area contributed by atoms with E-state index in [1.807, 2.05) is 31.1 Å². The molecule has 0 atom stereocenters. The molecule has 0 unspecified atom stereocenters. The van der Waals surface area contributed by atoms with Gasteiger partial charge in [0.25, 0.3) is 0 Å². The highest BCUT2D eigenvalue weighted by Gasteiger charge is 2.35. The molecular weight excluding hydrogens is 473 g/mol. The summed E-state index contributed by atoms with van der Waals surface area (Å²) in [7, 11) is 3.92. The summed E-state index contributed by atoms with van der Waals surface area (Å²) in [6.45, 7) is 3.08. The lowest BCUT2D eigenvalue weighted by atomic mass is 10.1. The fourth-order valence-corrected chi connectivity index (χ4v) is 4.79. The van der Waals surface area contributed by atoms with Gasteiger partial charge >= 0.3 is 6.18 Å². The molecule has 2 heterocycles. The monoisotopic (exact) mass is 506 g/mol. The van der Waals surface area contributed by atoms with Crippen molar-refractivity contribution in [3.63, 3.8) is 0 Å². The summed E-state index contributed by atoms with van der Waals surface area (Å²) in [6, 6.07) is 7.83. The number of unbranched alkanes of at least 4 members (excludes halogenated alkanes) is 5. The van der Waals surface area contributed by atoms with Crippen LogP contribution in [0.3, 0.4) is 0 Å². The van der Waals surface area contributed by atoms with E-state index in [9.17, 15) is 13.2 Å². The molecule has 0 fully saturated rings. The number of rotatable bonds is 13. The number of thiazole rings is 1. The minimum atomic E-state index is -4.52. The number of nitrogens with one attached hydrogen (secondary N) is 1. The van der Waals surface area contributed by atoms with E-state index < -0.39 is 11.7 Å². The van der Waals surface area contributed by atoms with Gasteiger partial charge in [-0.05, 0) is 50.8 Å². The van der Waals surface area contributed by atoms with Crippen LogP contribution in [0.1, 0.15) is 55.9 Å². The van der Waals surface area contributed by atoms with Crippen LogP contribution in [0, 0.1) is 0 Å². The highest BCUT2D eigenvalue weighted by molar-refractivity contribution is 7.16. The summed E-state index contributed by atoms with van der Waals surface area (Å²) in [5.41, 5.74) is 1.16. The van der Waals surface area contributed by atoms with Crippen molar-refractivity contribution in [1.29, 1.82) is 0 Å². The zero-order chi connectivity index (χ0) is 25.3. The topological polar surface area (TPSA) is 50.3 Å².